The van der Waals surface area contributed by atoms with Crippen molar-refractivity contribution >= 4 is 22.0 Å². The predicted molar refractivity (Wildman–Crippen MR) is 59.8 cm³/mol. The van der Waals surface area contributed by atoms with Crippen molar-refractivity contribution in [1.82, 2.24) is 0 Å². The van der Waals surface area contributed by atoms with E-state index in [9.17, 15) is 23.1 Å². The first-order valence-corrected chi connectivity index (χ1v) is 5.79. The van der Waals surface area contributed by atoms with Crippen LogP contribution < -0.4 is 0 Å². The highest BCUT2D eigenvalue weighted by Crippen LogP contribution is 2.54. The van der Waals surface area contributed by atoms with Gasteiger partial charge in [-0.1, -0.05) is 15.9 Å². The lowest BCUT2D eigenvalue weighted by Crippen LogP contribution is -2.10. The highest BCUT2D eigenvalue weighted by atomic mass is 79.9. The number of phenols is 1. The maximum absolute atomic E-state index is 12.7. The van der Waals surface area contributed by atoms with Crippen molar-refractivity contribution in [2.24, 2.45) is 4.99 Å². The van der Waals surface area contributed by atoms with Crippen LogP contribution in [0.1, 0.15) is 24.0 Å². The molecule has 0 spiro atoms. The molecule has 0 aliphatic heterocycles. The largest absolute Gasteiger partial charge is 0.507 e. The van der Waals surface area contributed by atoms with Crippen LogP contribution in [0, 0.1) is 0 Å². The number of phenolic OH excluding ortho intramolecular Hbond substituents is 1. The molecule has 0 radical (unpaired) electrons. The Labute approximate surface area is 108 Å². The molecule has 2 rings (SSSR count). The maximum Gasteiger partial charge on any atom is 0.420 e. The van der Waals surface area contributed by atoms with Crippen LogP contribution in [0.4, 0.5) is 13.2 Å². The van der Waals surface area contributed by atoms with Gasteiger partial charge in [0.2, 0.25) is 6.08 Å². The van der Waals surface area contributed by atoms with Gasteiger partial charge < -0.3 is 5.11 Å². The van der Waals surface area contributed by atoms with Gasteiger partial charge in [-0.15, -0.1) is 0 Å². The van der Waals surface area contributed by atoms with Crippen molar-refractivity contribution in [1.29, 1.82) is 0 Å². The summed E-state index contributed by atoms with van der Waals surface area (Å²) in [5.41, 5.74) is -2.18. The van der Waals surface area contributed by atoms with Crippen LogP contribution in [0.15, 0.2) is 21.6 Å². The van der Waals surface area contributed by atoms with Crippen LogP contribution in [0.2, 0.25) is 0 Å². The number of alkyl halides is 3. The zero-order valence-corrected chi connectivity index (χ0v) is 10.5. The third-order valence-electron chi connectivity index (χ3n) is 2.86. The third-order valence-corrected chi connectivity index (χ3v) is 3.32. The molecule has 18 heavy (non-hydrogen) atoms. The number of halogens is 4. The number of aromatic hydroxyl groups is 1. The van der Waals surface area contributed by atoms with Crippen LogP contribution in [0.25, 0.3) is 0 Å². The van der Waals surface area contributed by atoms with E-state index in [1.807, 2.05) is 0 Å². The molecule has 0 unspecified atom stereocenters. The predicted octanol–water partition coefficient (Wildman–Crippen LogP) is 3.50. The highest BCUT2D eigenvalue weighted by molar-refractivity contribution is 9.10. The fourth-order valence-corrected chi connectivity index (χ4v) is 2.28. The molecule has 1 saturated carbocycles. The molecule has 1 fully saturated rings. The van der Waals surface area contributed by atoms with Gasteiger partial charge in [-0.2, -0.15) is 18.2 Å². The summed E-state index contributed by atoms with van der Waals surface area (Å²) in [5.74, 6) is -0.873. The van der Waals surface area contributed by atoms with E-state index in [1.165, 1.54) is 12.1 Å². The van der Waals surface area contributed by atoms with E-state index in [2.05, 4.69) is 20.9 Å². The molecule has 3 nitrogen and oxygen atoms in total. The van der Waals surface area contributed by atoms with E-state index in [0.717, 1.165) is 6.07 Å². The van der Waals surface area contributed by atoms with E-state index in [1.54, 1.807) is 0 Å². The Morgan fingerprint density at radius 1 is 1.39 bits per heavy atom. The molecule has 1 aliphatic carbocycles. The molecule has 0 amide bonds. The molecule has 96 valence electrons. The molecule has 0 aromatic heterocycles. The second-order valence-electron chi connectivity index (χ2n) is 4.08. The van der Waals surface area contributed by atoms with Gasteiger partial charge in [-0.25, -0.2) is 4.79 Å². The number of carbonyl (C=O) groups excluding carboxylic acids is 1. The van der Waals surface area contributed by atoms with E-state index >= 15 is 0 Å². The molecular formula is C11H7BrF3NO2. The smallest absolute Gasteiger partial charge is 0.420 e. The van der Waals surface area contributed by atoms with Crippen LogP contribution in [-0.4, -0.2) is 11.2 Å². The molecule has 0 bridgehead atoms. The second-order valence-corrected chi connectivity index (χ2v) is 5.00. The number of hydrogen-bond donors (Lipinski definition) is 1. The number of isocyanates is 1. The minimum absolute atomic E-state index is 0.00699. The lowest BCUT2D eigenvalue weighted by atomic mass is 10.0. The Kier molecular flexibility index (Phi) is 2.99. The van der Waals surface area contributed by atoms with Crippen molar-refractivity contribution in [3.05, 3.63) is 27.7 Å². The number of aliphatic imine (C=N–C) groups is 1. The Morgan fingerprint density at radius 2 is 2.00 bits per heavy atom. The zero-order valence-electron chi connectivity index (χ0n) is 8.88. The molecular weight excluding hydrogens is 315 g/mol. The van der Waals surface area contributed by atoms with Crippen LogP contribution in [0.5, 0.6) is 5.75 Å². The summed E-state index contributed by atoms with van der Waals surface area (Å²) >= 11 is 2.96. The van der Waals surface area contributed by atoms with E-state index < -0.39 is 23.0 Å². The number of benzene rings is 1. The Hall–Kier alpha value is -1.33. The van der Waals surface area contributed by atoms with Gasteiger partial charge in [0, 0.05) is 10.0 Å². The van der Waals surface area contributed by atoms with Gasteiger partial charge in [0.25, 0.3) is 0 Å². The minimum Gasteiger partial charge on any atom is -0.507 e. The summed E-state index contributed by atoms with van der Waals surface area (Å²) in [6, 6.07) is 2.14. The van der Waals surface area contributed by atoms with Crippen molar-refractivity contribution in [3.63, 3.8) is 0 Å². The van der Waals surface area contributed by atoms with Gasteiger partial charge >= 0.3 is 6.18 Å². The molecule has 0 atom stereocenters. The summed E-state index contributed by atoms with van der Waals surface area (Å²) < 4.78 is 38.3. The van der Waals surface area contributed by atoms with E-state index in [-0.39, 0.29) is 10.0 Å². The van der Waals surface area contributed by atoms with Gasteiger partial charge in [-0.05, 0) is 25.0 Å². The Bertz CT molecular complexity index is 546. The zero-order chi connectivity index (χ0) is 13.6. The first-order chi connectivity index (χ1) is 8.30. The summed E-state index contributed by atoms with van der Waals surface area (Å²) in [4.78, 5) is 13.8. The van der Waals surface area contributed by atoms with Crippen LogP contribution in [-0.2, 0) is 16.5 Å². The van der Waals surface area contributed by atoms with Crippen LogP contribution >= 0.6 is 15.9 Å². The summed E-state index contributed by atoms with van der Waals surface area (Å²) in [6.07, 6.45) is -2.48. The van der Waals surface area contributed by atoms with E-state index in [4.69, 9.17) is 0 Å². The number of hydrogen-bond acceptors (Lipinski definition) is 3. The van der Waals surface area contributed by atoms with E-state index in [0.29, 0.717) is 12.8 Å². The average Bonchev–Trinajstić information content (AvgIpc) is 3.01. The van der Waals surface area contributed by atoms with Gasteiger partial charge in [0.1, 0.15) is 11.3 Å². The maximum atomic E-state index is 12.7. The van der Waals surface area contributed by atoms with Crippen molar-refractivity contribution in [3.8, 4) is 5.75 Å². The normalized spacial score (nSPS) is 17.1. The quantitative estimate of drug-likeness (QED) is 0.669. The van der Waals surface area contributed by atoms with Crippen molar-refractivity contribution in [2.45, 2.75) is 24.6 Å². The number of rotatable bonds is 2. The van der Waals surface area contributed by atoms with Crippen molar-refractivity contribution in [2.75, 3.05) is 0 Å². The topological polar surface area (TPSA) is 49.7 Å². The first kappa shape index (κ1) is 13.1. The lowest BCUT2D eigenvalue weighted by molar-refractivity contribution is -0.138. The highest BCUT2D eigenvalue weighted by Gasteiger charge is 2.49. The standard InChI is InChI=1S/C11H7BrF3NO2/c12-6-3-7(10(1-2-10)16-5-17)9(18)8(4-6)11(13,14)15/h3-4,18H,1-2H2. The Balaban J connectivity index is 2.63. The van der Waals surface area contributed by atoms with Crippen molar-refractivity contribution < 1.29 is 23.1 Å². The number of nitrogens with zero attached hydrogens (tertiary/aromatic N) is 1. The van der Waals surface area contributed by atoms with Crippen LogP contribution in [0.3, 0.4) is 0 Å². The molecule has 1 aromatic carbocycles. The van der Waals surface area contributed by atoms with Gasteiger partial charge in [-0.3, -0.25) is 0 Å². The fraction of sp³-hybridized carbons (Fsp3) is 0.364. The monoisotopic (exact) mass is 321 g/mol. The molecule has 0 heterocycles. The third kappa shape index (κ3) is 2.15. The molecule has 1 N–H and O–H groups in total. The summed E-state index contributed by atoms with van der Waals surface area (Å²) in [5, 5.41) is 9.72. The van der Waals surface area contributed by atoms with Gasteiger partial charge in [0.05, 0.1) is 5.56 Å². The lowest BCUT2D eigenvalue weighted by Gasteiger charge is -2.16. The Morgan fingerprint density at radius 3 is 2.44 bits per heavy atom. The molecule has 1 aliphatic rings. The molecule has 1 aromatic rings. The molecule has 0 saturated heterocycles. The van der Waals surface area contributed by atoms with Gasteiger partial charge in [0.15, 0.2) is 0 Å². The molecule has 7 heteroatoms. The fourth-order valence-electron chi connectivity index (χ4n) is 1.82. The minimum atomic E-state index is -4.66. The second kappa shape index (κ2) is 4.10. The first-order valence-electron chi connectivity index (χ1n) is 4.99. The summed E-state index contributed by atoms with van der Waals surface area (Å²) in [7, 11) is 0. The summed E-state index contributed by atoms with van der Waals surface area (Å²) in [6.45, 7) is 0. The SMILES string of the molecule is O=C=NC1(c2cc(Br)cc(C(F)(F)F)c2O)CC1. The average molecular weight is 322 g/mol.